The van der Waals surface area contributed by atoms with Crippen molar-refractivity contribution in [2.24, 2.45) is 0 Å². The van der Waals surface area contributed by atoms with Gasteiger partial charge in [0.1, 0.15) is 12.1 Å². The van der Waals surface area contributed by atoms with Crippen LogP contribution in [0.25, 0.3) is 0 Å². The molecule has 110 valence electrons. The van der Waals surface area contributed by atoms with Crippen molar-refractivity contribution in [1.29, 1.82) is 0 Å². The van der Waals surface area contributed by atoms with E-state index in [-0.39, 0.29) is 11.7 Å². The number of nitrogens with zero attached hydrogens (tertiary/aromatic N) is 3. The van der Waals surface area contributed by atoms with Crippen LogP contribution in [-0.2, 0) is 6.54 Å². The Morgan fingerprint density at radius 1 is 1.33 bits per heavy atom. The molecule has 0 fully saturated rings. The van der Waals surface area contributed by atoms with Crippen LogP contribution < -0.4 is 10.1 Å². The van der Waals surface area contributed by atoms with Crippen LogP contribution in [0.1, 0.15) is 29.9 Å². The zero-order chi connectivity index (χ0) is 15.2. The van der Waals surface area contributed by atoms with Gasteiger partial charge in [-0.15, -0.1) is 0 Å². The van der Waals surface area contributed by atoms with Gasteiger partial charge in [-0.25, -0.2) is 14.8 Å². The van der Waals surface area contributed by atoms with Crippen LogP contribution in [0.15, 0.2) is 30.7 Å². The monoisotopic (exact) mass is 288 g/mol. The molecular weight excluding hydrogens is 272 g/mol. The number of ether oxygens (including phenoxy) is 1. The molecule has 0 unspecified atom stereocenters. The summed E-state index contributed by atoms with van der Waals surface area (Å²) in [4.78, 5) is 23.1. The third kappa shape index (κ3) is 4.41. The Hall–Kier alpha value is -2.70. The number of anilines is 1. The van der Waals surface area contributed by atoms with Crippen LogP contribution in [0.4, 0.5) is 5.82 Å². The second-order valence-electron chi connectivity index (χ2n) is 4.60. The maximum absolute atomic E-state index is 10.9. The minimum absolute atomic E-state index is 0.0293. The van der Waals surface area contributed by atoms with E-state index in [4.69, 9.17) is 9.84 Å². The Morgan fingerprint density at radius 2 is 2.14 bits per heavy atom. The molecule has 2 aromatic heterocycles. The number of hydrogen-bond donors (Lipinski definition) is 2. The fraction of sp³-hybridized carbons (Fsp3) is 0.286. The summed E-state index contributed by atoms with van der Waals surface area (Å²) < 4.78 is 5.47. The molecule has 2 rings (SSSR count). The summed E-state index contributed by atoms with van der Waals surface area (Å²) >= 11 is 0. The minimum Gasteiger partial charge on any atom is -0.478 e. The van der Waals surface area contributed by atoms with E-state index in [9.17, 15) is 4.79 Å². The Balaban J connectivity index is 2.02. The van der Waals surface area contributed by atoms with E-state index in [0.717, 1.165) is 0 Å². The fourth-order valence-corrected chi connectivity index (χ4v) is 1.63. The predicted octanol–water partition coefficient (Wildman–Crippen LogP) is 1.97. The zero-order valence-electron chi connectivity index (χ0n) is 11.8. The summed E-state index contributed by atoms with van der Waals surface area (Å²) in [6.07, 6.45) is 2.90. The van der Waals surface area contributed by atoms with E-state index in [0.29, 0.717) is 23.9 Å². The van der Waals surface area contributed by atoms with Gasteiger partial charge >= 0.3 is 5.97 Å². The molecule has 0 aliphatic carbocycles. The van der Waals surface area contributed by atoms with Gasteiger partial charge in [0.05, 0.1) is 23.9 Å². The van der Waals surface area contributed by atoms with Crippen molar-refractivity contribution in [3.05, 3.63) is 42.0 Å². The van der Waals surface area contributed by atoms with Gasteiger partial charge in [0.2, 0.25) is 5.88 Å². The van der Waals surface area contributed by atoms with E-state index in [1.807, 2.05) is 13.8 Å². The van der Waals surface area contributed by atoms with Crippen molar-refractivity contribution in [3.63, 3.8) is 0 Å². The molecule has 2 heterocycles. The van der Waals surface area contributed by atoms with Gasteiger partial charge in [0.15, 0.2) is 0 Å². The van der Waals surface area contributed by atoms with Crippen LogP contribution in [0, 0.1) is 0 Å². The highest BCUT2D eigenvalue weighted by Gasteiger charge is 2.05. The molecule has 0 saturated carbocycles. The van der Waals surface area contributed by atoms with Crippen LogP contribution in [0.2, 0.25) is 0 Å². The predicted molar refractivity (Wildman–Crippen MR) is 76.3 cm³/mol. The molecule has 21 heavy (non-hydrogen) atoms. The molecule has 0 aliphatic rings. The molecule has 7 heteroatoms. The number of carboxylic acids is 1. The number of rotatable bonds is 6. The Labute approximate surface area is 122 Å². The van der Waals surface area contributed by atoms with Gasteiger partial charge in [-0.3, -0.25) is 4.98 Å². The van der Waals surface area contributed by atoms with Crippen molar-refractivity contribution in [2.45, 2.75) is 26.5 Å². The fourth-order valence-electron chi connectivity index (χ4n) is 1.63. The summed E-state index contributed by atoms with van der Waals surface area (Å²) in [6.45, 7) is 4.19. The van der Waals surface area contributed by atoms with Gasteiger partial charge < -0.3 is 15.2 Å². The van der Waals surface area contributed by atoms with Gasteiger partial charge in [-0.05, 0) is 26.0 Å². The van der Waals surface area contributed by atoms with E-state index in [1.165, 1.54) is 24.7 Å². The molecular formula is C14H16N4O3. The largest absolute Gasteiger partial charge is 0.478 e. The third-order valence-corrected chi connectivity index (χ3v) is 2.51. The summed E-state index contributed by atoms with van der Waals surface area (Å²) in [7, 11) is 0. The average molecular weight is 288 g/mol. The Kier molecular flexibility index (Phi) is 4.65. The lowest BCUT2D eigenvalue weighted by molar-refractivity contribution is 0.0696. The normalized spacial score (nSPS) is 10.4. The van der Waals surface area contributed by atoms with Gasteiger partial charge in [0.25, 0.3) is 0 Å². The maximum Gasteiger partial charge on any atom is 0.335 e. The van der Waals surface area contributed by atoms with Crippen molar-refractivity contribution in [1.82, 2.24) is 15.0 Å². The quantitative estimate of drug-likeness (QED) is 0.838. The van der Waals surface area contributed by atoms with Crippen LogP contribution in [0.5, 0.6) is 5.88 Å². The molecule has 0 aliphatic heterocycles. The number of hydrogen-bond acceptors (Lipinski definition) is 6. The van der Waals surface area contributed by atoms with Gasteiger partial charge in [-0.2, -0.15) is 0 Å². The standard InChI is InChI=1S/C14H16N4O3/c1-9(2)21-13-6-12(17-8-18-13)16-7-11-5-10(14(19)20)3-4-15-11/h3-6,8-9H,7H2,1-2H3,(H,19,20)(H,16,17,18). The van der Waals surface area contributed by atoms with E-state index >= 15 is 0 Å². The third-order valence-electron chi connectivity index (χ3n) is 2.51. The number of carbonyl (C=O) groups is 1. The molecule has 0 saturated heterocycles. The molecule has 0 atom stereocenters. The number of carboxylic acid groups (broad SMARTS) is 1. The number of nitrogens with one attached hydrogen (secondary N) is 1. The van der Waals surface area contributed by atoms with Crippen LogP contribution in [0.3, 0.4) is 0 Å². The summed E-state index contributed by atoms with van der Waals surface area (Å²) in [6, 6.07) is 4.65. The van der Waals surface area contributed by atoms with E-state index < -0.39 is 5.97 Å². The first-order valence-corrected chi connectivity index (χ1v) is 6.45. The molecule has 0 amide bonds. The van der Waals surface area contributed by atoms with E-state index in [1.54, 1.807) is 6.07 Å². The molecule has 0 radical (unpaired) electrons. The van der Waals surface area contributed by atoms with Gasteiger partial charge in [-0.1, -0.05) is 0 Å². The molecule has 7 nitrogen and oxygen atoms in total. The first-order chi connectivity index (χ1) is 10.0. The highest BCUT2D eigenvalue weighted by atomic mass is 16.5. The minimum atomic E-state index is -0.978. The van der Waals surface area contributed by atoms with Crippen LogP contribution >= 0.6 is 0 Å². The first-order valence-electron chi connectivity index (χ1n) is 6.45. The van der Waals surface area contributed by atoms with Crippen molar-refractivity contribution in [2.75, 3.05) is 5.32 Å². The lowest BCUT2D eigenvalue weighted by Crippen LogP contribution is -2.09. The average Bonchev–Trinajstić information content (AvgIpc) is 2.45. The topological polar surface area (TPSA) is 97.2 Å². The molecule has 0 spiro atoms. The maximum atomic E-state index is 10.9. The number of aromatic carboxylic acids is 1. The summed E-state index contributed by atoms with van der Waals surface area (Å²) in [5.41, 5.74) is 0.813. The second kappa shape index (κ2) is 6.65. The second-order valence-corrected chi connectivity index (χ2v) is 4.60. The smallest absolute Gasteiger partial charge is 0.335 e. The summed E-state index contributed by atoms with van der Waals surface area (Å²) in [5.74, 6) is 0.0891. The van der Waals surface area contributed by atoms with Crippen molar-refractivity contribution >= 4 is 11.8 Å². The SMILES string of the molecule is CC(C)Oc1cc(NCc2cc(C(=O)O)ccn2)ncn1. The highest BCUT2D eigenvalue weighted by Crippen LogP contribution is 2.13. The Bertz CT molecular complexity index is 631. The molecule has 2 aromatic rings. The molecule has 0 bridgehead atoms. The lowest BCUT2D eigenvalue weighted by Gasteiger charge is -2.10. The van der Waals surface area contributed by atoms with E-state index in [2.05, 4.69) is 20.3 Å². The van der Waals surface area contributed by atoms with Crippen molar-refractivity contribution in [3.8, 4) is 5.88 Å². The molecule has 2 N–H and O–H groups in total. The zero-order valence-corrected chi connectivity index (χ0v) is 11.8. The highest BCUT2D eigenvalue weighted by molar-refractivity contribution is 5.87. The Morgan fingerprint density at radius 3 is 2.86 bits per heavy atom. The van der Waals surface area contributed by atoms with Gasteiger partial charge in [0, 0.05) is 12.3 Å². The van der Waals surface area contributed by atoms with Crippen LogP contribution in [-0.4, -0.2) is 32.1 Å². The lowest BCUT2D eigenvalue weighted by atomic mass is 10.2. The molecule has 0 aromatic carbocycles. The van der Waals surface area contributed by atoms with Crippen molar-refractivity contribution < 1.29 is 14.6 Å². The first kappa shape index (κ1) is 14.7. The number of aromatic nitrogens is 3. The number of pyridine rings is 1. The summed E-state index contributed by atoms with van der Waals surface area (Å²) in [5, 5.41) is 12.0.